The molecule has 1 aromatic carbocycles. The zero-order valence-electron chi connectivity index (χ0n) is 10.9. The van der Waals surface area contributed by atoms with Crippen LogP contribution in [-0.4, -0.2) is 10.1 Å². The third-order valence-corrected chi connectivity index (χ3v) is 3.07. The summed E-state index contributed by atoms with van der Waals surface area (Å²) < 4.78 is 0. The lowest BCUT2D eigenvalue weighted by Gasteiger charge is -2.11. The molecule has 0 saturated heterocycles. The number of pyridine rings is 1. The molecule has 2 nitrogen and oxygen atoms in total. The van der Waals surface area contributed by atoms with Gasteiger partial charge in [0.1, 0.15) is 0 Å². The minimum absolute atomic E-state index is 0.432. The number of aryl methyl sites for hydroxylation is 3. The number of benzene rings is 1. The summed E-state index contributed by atoms with van der Waals surface area (Å²) in [5, 5.41) is 10.1. The molecular formula is C16H19NO. The van der Waals surface area contributed by atoms with Gasteiger partial charge < -0.3 is 5.11 Å². The van der Waals surface area contributed by atoms with E-state index in [1.165, 1.54) is 11.1 Å². The van der Waals surface area contributed by atoms with Crippen LogP contribution in [0.4, 0.5) is 0 Å². The highest BCUT2D eigenvalue weighted by atomic mass is 16.3. The van der Waals surface area contributed by atoms with E-state index < -0.39 is 6.10 Å². The number of aliphatic hydroxyl groups is 1. The van der Waals surface area contributed by atoms with E-state index in [0.717, 1.165) is 24.0 Å². The molecule has 0 amide bonds. The second-order valence-electron chi connectivity index (χ2n) is 4.84. The van der Waals surface area contributed by atoms with Gasteiger partial charge in [0.05, 0.1) is 6.10 Å². The van der Waals surface area contributed by atoms with Crippen molar-refractivity contribution in [3.63, 3.8) is 0 Å². The summed E-state index contributed by atoms with van der Waals surface area (Å²) >= 11 is 0. The lowest BCUT2D eigenvalue weighted by molar-refractivity contribution is 0.167. The van der Waals surface area contributed by atoms with Gasteiger partial charge in [-0.15, -0.1) is 0 Å². The van der Waals surface area contributed by atoms with Crippen molar-refractivity contribution in [1.82, 2.24) is 4.98 Å². The van der Waals surface area contributed by atoms with Gasteiger partial charge in [-0.1, -0.05) is 35.9 Å². The third-order valence-electron chi connectivity index (χ3n) is 3.07. The molecule has 0 aliphatic rings. The van der Waals surface area contributed by atoms with E-state index in [9.17, 15) is 5.11 Å². The maximum atomic E-state index is 10.1. The average Bonchev–Trinajstić information content (AvgIpc) is 2.36. The lowest BCUT2D eigenvalue weighted by atomic mass is 10.0. The first-order valence-corrected chi connectivity index (χ1v) is 6.30. The summed E-state index contributed by atoms with van der Waals surface area (Å²) in [7, 11) is 0. The van der Waals surface area contributed by atoms with Crippen LogP contribution in [0.1, 0.15) is 34.8 Å². The Morgan fingerprint density at radius 3 is 2.67 bits per heavy atom. The van der Waals surface area contributed by atoms with Crippen LogP contribution in [0.25, 0.3) is 0 Å². The molecule has 1 aromatic heterocycles. The smallest absolute Gasteiger partial charge is 0.0808 e. The Labute approximate surface area is 108 Å². The molecule has 0 aliphatic heterocycles. The molecule has 0 bridgehead atoms. The lowest BCUT2D eigenvalue weighted by Crippen LogP contribution is -2.01. The van der Waals surface area contributed by atoms with Gasteiger partial charge in [0, 0.05) is 12.4 Å². The van der Waals surface area contributed by atoms with Gasteiger partial charge in [-0.3, -0.25) is 4.98 Å². The van der Waals surface area contributed by atoms with Gasteiger partial charge in [-0.2, -0.15) is 0 Å². The van der Waals surface area contributed by atoms with Crippen molar-refractivity contribution in [2.45, 2.75) is 32.8 Å². The van der Waals surface area contributed by atoms with Gasteiger partial charge in [0.15, 0.2) is 0 Å². The van der Waals surface area contributed by atoms with E-state index in [4.69, 9.17) is 0 Å². The Hall–Kier alpha value is -1.67. The Bertz CT molecular complexity index is 522. The van der Waals surface area contributed by atoms with Crippen LogP contribution in [0.3, 0.4) is 0 Å². The van der Waals surface area contributed by atoms with Crippen molar-refractivity contribution < 1.29 is 5.11 Å². The van der Waals surface area contributed by atoms with Crippen molar-refractivity contribution >= 4 is 0 Å². The molecule has 18 heavy (non-hydrogen) atoms. The molecule has 1 heterocycles. The van der Waals surface area contributed by atoms with Crippen LogP contribution >= 0.6 is 0 Å². The predicted molar refractivity (Wildman–Crippen MR) is 73.4 cm³/mol. The highest BCUT2D eigenvalue weighted by molar-refractivity contribution is 5.23. The maximum absolute atomic E-state index is 10.1. The minimum Gasteiger partial charge on any atom is -0.388 e. The van der Waals surface area contributed by atoms with Crippen LogP contribution in [0.5, 0.6) is 0 Å². The van der Waals surface area contributed by atoms with E-state index in [1.54, 1.807) is 12.4 Å². The standard InChI is InChI=1S/C16H19NO/c1-12-4-3-5-14(8-12)6-7-16(18)15-9-13(2)10-17-11-15/h3-5,8-11,16,18H,6-7H2,1-2H3. The molecule has 2 heteroatoms. The number of hydrogen-bond acceptors (Lipinski definition) is 2. The summed E-state index contributed by atoms with van der Waals surface area (Å²) in [5.41, 5.74) is 4.53. The number of aliphatic hydroxyl groups excluding tert-OH is 1. The van der Waals surface area contributed by atoms with E-state index in [-0.39, 0.29) is 0 Å². The summed E-state index contributed by atoms with van der Waals surface area (Å²) in [6, 6.07) is 10.4. The molecule has 0 radical (unpaired) electrons. The Morgan fingerprint density at radius 2 is 1.94 bits per heavy atom. The van der Waals surface area contributed by atoms with Crippen molar-refractivity contribution in [3.8, 4) is 0 Å². The molecule has 1 N–H and O–H groups in total. The first-order valence-electron chi connectivity index (χ1n) is 6.30. The topological polar surface area (TPSA) is 33.1 Å². The van der Waals surface area contributed by atoms with Gasteiger partial charge in [0.2, 0.25) is 0 Å². The molecule has 2 aromatic rings. The molecule has 0 saturated carbocycles. The van der Waals surface area contributed by atoms with Gasteiger partial charge >= 0.3 is 0 Å². The Kier molecular flexibility index (Phi) is 4.11. The Morgan fingerprint density at radius 1 is 1.11 bits per heavy atom. The first kappa shape index (κ1) is 12.8. The zero-order valence-corrected chi connectivity index (χ0v) is 10.9. The molecule has 0 spiro atoms. The maximum Gasteiger partial charge on any atom is 0.0808 e. The second-order valence-corrected chi connectivity index (χ2v) is 4.84. The minimum atomic E-state index is -0.432. The van der Waals surface area contributed by atoms with Gasteiger partial charge in [-0.25, -0.2) is 0 Å². The van der Waals surface area contributed by atoms with Crippen LogP contribution < -0.4 is 0 Å². The molecule has 2 rings (SSSR count). The van der Waals surface area contributed by atoms with Gasteiger partial charge in [-0.05, 0) is 43.4 Å². The SMILES string of the molecule is Cc1cccc(CCC(O)c2cncc(C)c2)c1. The molecule has 0 aliphatic carbocycles. The Balaban J connectivity index is 1.98. The van der Waals surface area contributed by atoms with E-state index in [0.29, 0.717) is 0 Å². The second kappa shape index (κ2) is 5.78. The highest BCUT2D eigenvalue weighted by Gasteiger charge is 2.08. The van der Waals surface area contributed by atoms with Crippen LogP contribution in [-0.2, 0) is 6.42 Å². The monoisotopic (exact) mass is 241 g/mol. The van der Waals surface area contributed by atoms with Gasteiger partial charge in [0.25, 0.3) is 0 Å². The first-order chi connectivity index (χ1) is 8.65. The van der Waals surface area contributed by atoms with E-state index >= 15 is 0 Å². The zero-order chi connectivity index (χ0) is 13.0. The summed E-state index contributed by atoms with van der Waals surface area (Å²) in [5.74, 6) is 0. The fraction of sp³-hybridized carbons (Fsp3) is 0.312. The van der Waals surface area contributed by atoms with Crippen molar-refractivity contribution in [2.24, 2.45) is 0 Å². The van der Waals surface area contributed by atoms with E-state index in [2.05, 4.69) is 36.2 Å². The van der Waals surface area contributed by atoms with Crippen molar-refractivity contribution in [3.05, 3.63) is 65.0 Å². The normalized spacial score (nSPS) is 12.4. The quantitative estimate of drug-likeness (QED) is 0.890. The van der Waals surface area contributed by atoms with Crippen molar-refractivity contribution in [2.75, 3.05) is 0 Å². The molecule has 1 atom stereocenters. The number of nitrogens with zero attached hydrogens (tertiary/aromatic N) is 1. The fourth-order valence-corrected chi connectivity index (χ4v) is 2.10. The van der Waals surface area contributed by atoms with Crippen LogP contribution in [0.15, 0.2) is 42.7 Å². The highest BCUT2D eigenvalue weighted by Crippen LogP contribution is 2.19. The largest absolute Gasteiger partial charge is 0.388 e. The number of rotatable bonds is 4. The molecule has 0 fully saturated rings. The predicted octanol–water partition coefficient (Wildman–Crippen LogP) is 3.36. The average molecular weight is 241 g/mol. The van der Waals surface area contributed by atoms with Crippen molar-refractivity contribution in [1.29, 1.82) is 0 Å². The number of aromatic nitrogens is 1. The third kappa shape index (κ3) is 3.41. The summed E-state index contributed by atoms with van der Waals surface area (Å²) in [6.45, 7) is 4.08. The summed E-state index contributed by atoms with van der Waals surface area (Å²) in [6.07, 6.45) is 4.73. The molecule has 94 valence electrons. The fourth-order valence-electron chi connectivity index (χ4n) is 2.10. The van der Waals surface area contributed by atoms with Crippen LogP contribution in [0, 0.1) is 13.8 Å². The molecular weight excluding hydrogens is 222 g/mol. The number of hydrogen-bond donors (Lipinski definition) is 1. The van der Waals surface area contributed by atoms with E-state index in [1.807, 2.05) is 13.0 Å². The molecule has 1 unspecified atom stereocenters. The summed E-state index contributed by atoms with van der Waals surface area (Å²) in [4.78, 5) is 4.11. The van der Waals surface area contributed by atoms with Crippen LogP contribution in [0.2, 0.25) is 0 Å².